The third-order valence-corrected chi connectivity index (χ3v) is 12.6. The van der Waals surface area contributed by atoms with Crippen LogP contribution in [0.15, 0.2) is 235 Å². The molecule has 0 N–H and O–H groups in total. The summed E-state index contributed by atoms with van der Waals surface area (Å²) in [7, 11) is 0. The number of benzene rings is 9. The van der Waals surface area contributed by atoms with Gasteiger partial charge in [0.2, 0.25) is 0 Å². The Hall–Kier alpha value is -8.14. The highest BCUT2D eigenvalue weighted by Gasteiger charge is 2.45. The van der Waals surface area contributed by atoms with Crippen LogP contribution in [0, 0.1) is 0 Å². The summed E-state index contributed by atoms with van der Waals surface area (Å²) in [6, 6.07) is 82.2. The van der Waals surface area contributed by atoms with Gasteiger partial charge in [-0.2, -0.15) is 0 Å². The first-order chi connectivity index (χ1) is 30.7. The van der Waals surface area contributed by atoms with Crippen molar-refractivity contribution in [2.75, 3.05) is 0 Å². The smallest absolute Gasteiger partial charge is 0.160 e. The summed E-state index contributed by atoms with van der Waals surface area (Å²) in [5.74, 6) is 0.679. The average Bonchev–Trinajstić information content (AvgIpc) is 3.89. The minimum atomic E-state index is -0.474. The Balaban J connectivity index is 0.984. The summed E-state index contributed by atoms with van der Waals surface area (Å²) >= 11 is 0. The predicted octanol–water partition coefficient (Wildman–Crippen LogP) is 15.1. The number of furan rings is 1. The number of hydrogen-bond donors (Lipinski definition) is 0. The van der Waals surface area contributed by atoms with Crippen molar-refractivity contribution >= 4 is 21.9 Å². The van der Waals surface area contributed by atoms with Crippen molar-refractivity contribution in [1.29, 1.82) is 0 Å². The molecule has 0 radical (unpaired) electrons. The molecular formula is C59H38N2O. The molecule has 3 nitrogen and oxygen atoms in total. The van der Waals surface area contributed by atoms with Crippen LogP contribution < -0.4 is 0 Å². The van der Waals surface area contributed by atoms with Gasteiger partial charge in [-0.1, -0.05) is 200 Å². The Kier molecular flexibility index (Phi) is 8.39. The first kappa shape index (κ1) is 35.8. The van der Waals surface area contributed by atoms with Gasteiger partial charge in [0.05, 0.1) is 16.8 Å². The maximum absolute atomic E-state index is 6.45. The van der Waals surface area contributed by atoms with Crippen molar-refractivity contribution in [2.24, 2.45) is 0 Å². The van der Waals surface area contributed by atoms with Crippen molar-refractivity contribution in [1.82, 2.24) is 9.97 Å². The molecule has 1 aliphatic rings. The van der Waals surface area contributed by atoms with Crippen molar-refractivity contribution in [3.63, 3.8) is 0 Å². The fourth-order valence-corrected chi connectivity index (χ4v) is 9.78. The van der Waals surface area contributed by atoms with Gasteiger partial charge in [0, 0.05) is 33.0 Å². The van der Waals surface area contributed by atoms with E-state index in [1.54, 1.807) is 0 Å². The summed E-state index contributed by atoms with van der Waals surface area (Å²) in [6.45, 7) is 0. The van der Waals surface area contributed by atoms with Crippen LogP contribution in [0.2, 0.25) is 0 Å². The molecule has 0 saturated heterocycles. The molecule has 3 heteroatoms. The quantitative estimate of drug-likeness (QED) is 0.161. The van der Waals surface area contributed by atoms with E-state index in [0.29, 0.717) is 5.82 Å². The number of rotatable bonds is 7. The van der Waals surface area contributed by atoms with Crippen molar-refractivity contribution in [3.8, 4) is 67.3 Å². The minimum absolute atomic E-state index is 0.474. The summed E-state index contributed by atoms with van der Waals surface area (Å²) in [5.41, 5.74) is 18.0. The molecule has 11 aromatic rings. The lowest BCUT2D eigenvalue weighted by atomic mass is 9.67. The SMILES string of the molecule is c1ccc(-c2nc(-c3cccc(-c4cccc(C5(c6ccccc6)c6ccccc6-c6ccccc65)c4)c3)cc(-c3cccc(-c4cccc5c4oc4ccccc45)c3)n2)cc1. The van der Waals surface area contributed by atoms with E-state index in [1.165, 1.54) is 33.4 Å². The second-order valence-corrected chi connectivity index (χ2v) is 16.1. The normalized spacial score (nSPS) is 12.6. The topological polar surface area (TPSA) is 38.9 Å². The maximum Gasteiger partial charge on any atom is 0.160 e. The van der Waals surface area contributed by atoms with Gasteiger partial charge in [-0.05, 0) is 80.4 Å². The molecule has 9 aromatic carbocycles. The van der Waals surface area contributed by atoms with E-state index in [1.807, 2.05) is 30.3 Å². The van der Waals surface area contributed by atoms with Crippen LogP contribution in [-0.4, -0.2) is 9.97 Å². The molecule has 1 aliphatic carbocycles. The largest absolute Gasteiger partial charge is 0.455 e. The molecule has 0 atom stereocenters. The Labute approximate surface area is 360 Å². The Morgan fingerprint density at radius 3 is 1.53 bits per heavy atom. The van der Waals surface area contributed by atoms with Gasteiger partial charge in [0.15, 0.2) is 5.82 Å². The van der Waals surface area contributed by atoms with Gasteiger partial charge in [0.1, 0.15) is 11.2 Å². The number of hydrogen-bond acceptors (Lipinski definition) is 3. The van der Waals surface area contributed by atoms with E-state index >= 15 is 0 Å². The van der Waals surface area contributed by atoms with Gasteiger partial charge in [-0.25, -0.2) is 9.97 Å². The Morgan fingerprint density at radius 2 is 0.806 bits per heavy atom. The van der Waals surface area contributed by atoms with Crippen LogP contribution >= 0.6 is 0 Å². The zero-order valence-corrected chi connectivity index (χ0v) is 33.7. The van der Waals surface area contributed by atoms with Gasteiger partial charge < -0.3 is 4.42 Å². The van der Waals surface area contributed by atoms with E-state index in [9.17, 15) is 0 Å². The van der Waals surface area contributed by atoms with Gasteiger partial charge in [-0.15, -0.1) is 0 Å². The van der Waals surface area contributed by atoms with Crippen LogP contribution in [-0.2, 0) is 5.41 Å². The molecule has 0 saturated carbocycles. The number of nitrogens with zero attached hydrogens (tertiary/aromatic N) is 2. The molecular weight excluding hydrogens is 753 g/mol. The molecule has 0 amide bonds. The molecule has 2 heterocycles. The summed E-state index contributed by atoms with van der Waals surface area (Å²) in [6.07, 6.45) is 0. The maximum atomic E-state index is 6.45. The Bertz CT molecular complexity index is 3430. The minimum Gasteiger partial charge on any atom is -0.455 e. The zero-order chi connectivity index (χ0) is 41.0. The molecule has 62 heavy (non-hydrogen) atoms. The molecule has 0 spiro atoms. The molecule has 2 aromatic heterocycles. The van der Waals surface area contributed by atoms with Crippen LogP contribution in [0.25, 0.3) is 89.2 Å². The van der Waals surface area contributed by atoms with E-state index in [-0.39, 0.29) is 0 Å². The highest BCUT2D eigenvalue weighted by molar-refractivity contribution is 6.09. The standard InChI is InChI=1S/C59H38N2O/c1-3-17-39(18-4-1)58-60-54(38-55(61-58)44-23-14-21-42(36-44)47-30-16-31-51-50-29-9-12-34-56(50)62-57(47)51)43-22-13-19-40(35-43)41-20-15-26-46(37-41)59(45-24-5-2-6-25-45)52-32-10-7-27-48(52)49-28-8-11-33-53(49)59/h1-38H. The van der Waals surface area contributed by atoms with Crippen molar-refractivity contribution in [3.05, 3.63) is 253 Å². The molecule has 0 unspecified atom stereocenters. The first-order valence-electron chi connectivity index (χ1n) is 21.1. The summed E-state index contributed by atoms with van der Waals surface area (Å²) in [4.78, 5) is 10.4. The molecule has 12 rings (SSSR count). The van der Waals surface area contributed by atoms with Crippen LogP contribution in [0.5, 0.6) is 0 Å². The van der Waals surface area contributed by atoms with Gasteiger partial charge in [-0.3, -0.25) is 0 Å². The third kappa shape index (κ3) is 5.74. The summed E-state index contributed by atoms with van der Waals surface area (Å²) in [5, 5.41) is 2.23. The number of para-hydroxylation sites is 2. The lowest BCUT2D eigenvalue weighted by Gasteiger charge is -2.34. The van der Waals surface area contributed by atoms with Crippen LogP contribution in [0.4, 0.5) is 0 Å². The van der Waals surface area contributed by atoms with Crippen molar-refractivity contribution in [2.45, 2.75) is 5.41 Å². The van der Waals surface area contributed by atoms with Crippen LogP contribution in [0.3, 0.4) is 0 Å². The van der Waals surface area contributed by atoms with E-state index in [2.05, 4.69) is 200 Å². The summed E-state index contributed by atoms with van der Waals surface area (Å²) < 4.78 is 6.45. The first-order valence-corrected chi connectivity index (χ1v) is 21.1. The lowest BCUT2D eigenvalue weighted by molar-refractivity contribution is 0.670. The lowest BCUT2D eigenvalue weighted by Crippen LogP contribution is -2.28. The van der Waals surface area contributed by atoms with E-state index in [0.717, 1.165) is 72.3 Å². The molecule has 0 bridgehead atoms. The van der Waals surface area contributed by atoms with Crippen molar-refractivity contribution < 1.29 is 4.42 Å². The fourth-order valence-electron chi connectivity index (χ4n) is 9.78. The monoisotopic (exact) mass is 790 g/mol. The molecule has 0 aliphatic heterocycles. The van der Waals surface area contributed by atoms with Gasteiger partial charge >= 0.3 is 0 Å². The molecule has 0 fully saturated rings. The number of fused-ring (bicyclic) bond motifs is 6. The fraction of sp³-hybridized carbons (Fsp3) is 0.0169. The van der Waals surface area contributed by atoms with Crippen LogP contribution in [0.1, 0.15) is 22.3 Å². The zero-order valence-electron chi connectivity index (χ0n) is 33.7. The second kappa shape index (κ2) is 14.5. The highest BCUT2D eigenvalue weighted by atomic mass is 16.3. The second-order valence-electron chi connectivity index (χ2n) is 16.1. The van der Waals surface area contributed by atoms with E-state index in [4.69, 9.17) is 14.4 Å². The number of aromatic nitrogens is 2. The van der Waals surface area contributed by atoms with E-state index < -0.39 is 5.41 Å². The Morgan fingerprint density at radius 1 is 0.323 bits per heavy atom. The molecule has 290 valence electrons. The highest BCUT2D eigenvalue weighted by Crippen LogP contribution is 2.56. The third-order valence-electron chi connectivity index (χ3n) is 12.6. The predicted molar refractivity (Wildman–Crippen MR) is 254 cm³/mol. The van der Waals surface area contributed by atoms with Gasteiger partial charge in [0.25, 0.3) is 0 Å². The average molecular weight is 791 g/mol.